The van der Waals surface area contributed by atoms with E-state index in [1.165, 1.54) is 25.9 Å². The van der Waals surface area contributed by atoms with E-state index < -0.39 is 0 Å². The number of nitrogens with one attached hydrogen (secondary N) is 2. The average molecular weight is 185 g/mol. The zero-order valence-electron chi connectivity index (χ0n) is 8.47. The van der Waals surface area contributed by atoms with Crippen molar-refractivity contribution in [1.82, 2.24) is 15.5 Å². The second-order valence-electron chi connectivity index (χ2n) is 3.55. The molecule has 2 N–H and O–H groups in total. The lowest BCUT2D eigenvalue weighted by molar-refractivity contribution is 0.228. The Morgan fingerprint density at radius 3 is 2.62 bits per heavy atom. The molecule has 2 amide bonds. The van der Waals surface area contributed by atoms with Crippen molar-refractivity contribution in [1.29, 1.82) is 0 Å². The highest BCUT2D eigenvalue weighted by molar-refractivity contribution is 5.73. The maximum absolute atomic E-state index is 10.9. The van der Waals surface area contributed by atoms with Gasteiger partial charge >= 0.3 is 6.03 Å². The molecule has 0 spiro atoms. The quantitative estimate of drug-likeness (QED) is 0.668. The summed E-state index contributed by atoms with van der Waals surface area (Å²) in [6, 6.07) is 0.367. The Balaban J connectivity index is 2.16. The van der Waals surface area contributed by atoms with Crippen molar-refractivity contribution in [3.8, 4) is 0 Å². The SMILES string of the molecule is CNC(=O)NCC(C)N1CCCC1. The van der Waals surface area contributed by atoms with Crippen LogP contribution in [0, 0.1) is 0 Å². The molecule has 0 aliphatic carbocycles. The maximum atomic E-state index is 10.9. The first kappa shape index (κ1) is 10.3. The third-order valence-electron chi connectivity index (χ3n) is 2.55. The summed E-state index contributed by atoms with van der Waals surface area (Å²) in [7, 11) is 1.63. The number of carbonyl (C=O) groups excluding carboxylic acids is 1. The van der Waals surface area contributed by atoms with E-state index in [9.17, 15) is 4.79 Å². The summed E-state index contributed by atoms with van der Waals surface area (Å²) in [6.45, 7) is 5.24. The molecule has 1 rings (SSSR count). The van der Waals surface area contributed by atoms with Crippen LogP contribution in [0.5, 0.6) is 0 Å². The largest absolute Gasteiger partial charge is 0.341 e. The Hall–Kier alpha value is -0.770. The molecule has 0 radical (unpaired) electrons. The van der Waals surface area contributed by atoms with Gasteiger partial charge in [-0.25, -0.2) is 4.79 Å². The third kappa shape index (κ3) is 3.22. The Morgan fingerprint density at radius 1 is 1.46 bits per heavy atom. The van der Waals surface area contributed by atoms with Gasteiger partial charge in [-0.05, 0) is 32.9 Å². The van der Waals surface area contributed by atoms with Crippen LogP contribution in [-0.4, -0.2) is 43.7 Å². The van der Waals surface area contributed by atoms with Gasteiger partial charge in [-0.1, -0.05) is 0 Å². The molecule has 13 heavy (non-hydrogen) atoms. The summed E-state index contributed by atoms with van der Waals surface area (Å²) in [4.78, 5) is 13.3. The highest BCUT2D eigenvalue weighted by Crippen LogP contribution is 2.10. The minimum Gasteiger partial charge on any atom is -0.341 e. The van der Waals surface area contributed by atoms with Crippen molar-refractivity contribution in [3.05, 3.63) is 0 Å². The van der Waals surface area contributed by atoms with Crippen molar-refractivity contribution in [2.75, 3.05) is 26.7 Å². The zero-order chi connectivity index (χ0) is 9.68. The van der Waals surface area contributed by atoms with E-state index in [-0.39, 0.29) is 6.03 Å². The molecule has 4 heteroatoms. The molecule has 1 heterocycles. The molecule has 0 bridgehead atoms. The van der Waals surface area contributed by atoms with Gasteiger partial charge in [-0.2, -0.15) is 0 Å². The predicted octanol–water partition coefficient (Wildman–Crippen LogP) is 0.400. The van der Waals surface area contributed by atoms with Crippen molar-refractivity contribution in [2.24, 2.45) is 0 Å². The van der Waals surface area contributed by atoms with Crippen LogP contribution in [0.3, 0.4) is 0 Å². The first-order valence-electron chi connectivity index (χ1n) is 4.93. The van der Waals surface area contributed by atoms with E-state index in [2.05, 4.69) is 22.5 Å². The molecule has 1 aliphatic rings. The molecule has 1 unspecified atom stereocenters. The molecular formula is C9H19N3O. The maximum Gasteiger partial charge on any atom is 0.314 e. The standard InChI is InChI=1S/C9H19N3O/c1-8(7-11-9(13)10-2)12-5-3-4-6-12/h8H,3-7H2,1-2H3,(H2,10,11,13). The lowest BCUT2D eigenvalue weighted by atomic mass is 10.3. The van der Waals surface area contributed by atoms with E-state index in [0.717, 1.165) is 6.54 Å². The lowest BCUT2D eigenvalue weighted by Crippen LogP contribution is -2.43. The van der Waals surface area contributed by atoms with E-state index >= 15 is 0 Å². The second kappa shape index (κ2) is 5.07. The average Bonchev–Trinajstić information content (AvgIpc) is 2.66. The normalized spacial score (nSPS) is 19.8. The van der Waals surface area contributed by atoms with Gasteiger partial charge in [0.25, 0.3) is 0 Å². The summed E-state index contributed by atoms with van der Waals surface area (Å²) in [5.41, 5.74) is 0. The number of nitrogens with zero attached hydrogens (tertiary/aromatic N) is 1. The summed E-state index contributed by atoms with van der Waals surface area (Å²) >= 11 is 0. The molecule has 0 aromatic carbocycles. The fraction of sp³-hybridized carbons (Fsp3) is 0.889. The molecule has 1 atom stereocenters. The van der Waals surface area contributed by atoms with Crippen molar-refractivity contribution < 1.29 is 4.79 Å². The van der Waals surface area contributed by atoms with Crippen LogP contribution in [0.2, 0.25) is 0 Å². The van der Waals surface area contributed by atoms with Crippen LogP contribution in [0.25, 0.3) is 0 Å². The van der Waals surface area contributed by atoms with E-state index in [1.807, 2.05) is 0 Å². The fourth-order valence-electron chi connectivity index (χ4n) is 1.64. The summed E-state index contributed by atoms with van der Waals surface area (Å²) in [6.07, 6.45) is 2.59. The molecular weight excluding hydrogens is 166 g/mol. The van der Waals surface area contributed by atoms with Crippen molar-refractivity contribution in [3.63, 3.8) is 0 Å². The van der Waals surface area contributed by atoms with Crippen LogP contribution in [-0.2, 0) is 0 Å². The highest BCUT2D eigenvalue weighted by Gasteiger charge is 2.17. The molecule has 0 aromatic heterocycles. The molecule has 0 aromatic rings. The monoisotopic (exact) mass is 185 g/mol. The van der Waals surface area contributed by atoms with Crippen LogP contribution in [0.1, 0.15) is 19.8 Å². The Kier molecular flexibility index (Phi) is 4.02. The number of carbonyl (C=O) groups is 1. The highest BCUT2D eigenvalue weighted by atomic mass is 16.2. The summed E-state index contributed by atoms with van der Waals surface area (Å²) in [5, 5.41) is 5.36. The lowest BCUT2D eigenvalue weighted by Gasteiger charge is -2.23. The number of urea groups is 1. The minimum atomic E-state index is -0.0916. The zero-order valence-corrected chi connectivity index (χ0v) is 8.47. The first-order chi connectivity index (χ1) is 6.24. The Morgan fingerprint density at radius 2 is 2.08 bits per heavy atom. The minimum absolute atomic E-state index is 0.0916. The predicted molar refractivity (Wildman–Crippen MR) is 52.7 cm³/mol. The molecule has 0 saturated carbocycles. The number of likely N-dealkylation sites (tertiary alicyclic amines) is 1. The van der Waals surface area contributed by atoms with Gasteiger partial charge in [0, 0.05) is 19.6 Å². The van der Waals surface area contributed by atoms with Gasteiger partial charge < -0.3 is 10.6 Å². The summed E-state index contributed by atoms with van der Waals surface area (Å²) < 4.78 is 0. The molecule has 1 saturated heterocycles. The number of amides is 2. The number of hydrogen-bond acceptors (Lipinski definition) is 2. The molecule has 1 aliphatic heterocycles. The van der Waals surface area contributed by atoms with Crippen molar-refractivity contribution >= 4 is 6.03 Å². The molecule has 4 nitrogen and oxygen atoms in total. The number of rotatable bonds is 3. The summed E-state index contributed by atoms with van der Waals surface area (Å²) in [5.74, 6) is 0. The van der Waals surface area contributed by atoms with Crippen molar-refractivity contribution in [2.45, 2.75) is 25.8 Å². The van der Waals surface area contributed by atoms with Gasteiger partial charge in [0.2, 0.25) is 0 Å². The second-order valence-corrected chi connectivity index (χ2v) is 3.55. The third-order valence-corrected chi connectivity index (χ3v) is 2.55. The van der Waals surface area contributed by atoms with Gasteiger partial charge in [-0.15, -0.1) is 0 Å². The van der Waals surface area contributed by atoms with Gasteiger partial charge in [0.05, 0.1) is 0 Å². The van der Waals surface area contributed by atoms with Gasteiger partial charge in [0.1, 0.15) is 0 Å². The Labute approximate surface area is 79.7 Å². The topological polar surface area (TPSA) is 44.4 Å². The first-order valence-corrected chi connectivity index (χ1v) is 4.93. The molecule has 1 fully saturated rings. The number of hydrogen-bond donors (Lipinski definition) is 2. The molecule has 76 valence electrons. The Bertz CT molecular complexity index is 166. The smallest absolute Gasteiger partial charge is 0.314 e. The van der Waals surface area contributed by atoms with E-state index in [0.29, 0.717) is 6.04 Å². The van der Waals surface area contributed by atoms with E-state index in [4.69, 9.17) is 0 Å². The fourth-order valence-corrected chi connectivity index (χ4v) is 1.64. The van der Waals surface area contributed by atoms with Crippen LogP contribution in [0.15, 0.2) is 0 Å². The van der Waals surface area contributed by atoms with Gasteiger partial charge in [0.15, 0.2) is 0 Å². The van der Waals surface area contributed by atoms with Gasteiger partial charge in [-0.3, -0.25) is 4.90 Å². The van der Waals surface area contributed by atoms with Crippen LogP contribution in [0.4, 0.5) is 4.79 Å². The van der Waals surface area contributed by atoms with Crippen LogP contribution < -0.4 is 10.6 Å². The van der Waals surface area contributed by atoms with E-state index in [1.54, 1.807) is 7.05 Å². The van der Waals surface area contributed by atoms with Crippen LogP contribution >= 0.6 is 0 Å².